The van der Waals surface area contributed by atoms with Gasteiger partial charge in [0.25, 0.3) is 0 Å². The van der Waals surface area contributed by atoms with E-state index in [-0.39, 0.29) is 11.8 Å². The smallest absolute Gasteiger partial charge is 0.230 e. The Morgan fingerprint density at radius 2 is 2.11 bits per heavy atom. The van der Waals surface area contributed by atoms with E-state index >= 15 is 0 Å². The number of carbonyl (C=O) groups excluding carboxylic acids is 1. The molecule has 4 heteroatoms. The zero-order valence-electron chi connectivity index (χ0n) is 11.2. The predicted octanol–water partition coefficient (Wildman–Crippen LogP) is 1.44. The van der Waals surface area contributed by atoms with Gasteiger partial charge in [0.2, 0.25) is 5.91 Å². The molecule has 1 amide bonds. The van der Waals surface area contributed by atoms with Crippen LogP contribution in [0.5, 0.6) is 0 Å². The largest absolute Gasteiger partial charge is 0.326 e. The van der Waals surface area contributed by atoms with E-state index in [1.54, 1.807) is 0 Å². The molecule has 102 valence electrons. The second kappa shape index (κ2) is 5.72. The zero-order chi connectivity index (χ0) is 13.1. The van der Waals surface area contributed by atoms with Crippen molar-refractivity contribution in [3.05, 3.63) is 29.8 Å². The number of rotatable bonds is 4. The van der Waals surface area contributed by atoms with Crippen LogP contribution < -0.4 is 10.6 Å². The second-order valence-electron chi connectivity index (χ2n) is 5.53. The summed E-state index contributed by atoms with van der Waals surface area (Å²) in [5, 5.41) is 6.13. The number of amides is 1. The van der Waals surface area contributed by atoms with E-state index < -0.39 is 0 Å². The molecule has 1 aromatic rings. The predicted molar refractivity (Wildman–Crippen MR) is 75.9 cm³/mol. The number of hydrogen-bond acceptors (Lipinski definition) is 3. The normalized spacial score (nSPS) is 20.2. The third kappa shape index (κ3) is 3.14. The highest BCUT2D eigenvalue weighted by Gasteiger charge is 2.24. The Kier molecular flexibility index (Phi) is 3.80. The van der Waals surface area contributed by atoms with Gasteiger partial charge in [0.1, 0.15) is 0 Å². The Hall–Kier alpha value is -1.39. The third-order valence-electron chi connectivity index (χ3n) is 3.95. The maximum atomic E-state index is 11.9. The lowest BCUT2D eigenvalue weighted by atomic mass is 10.0. The van der Waals surface area contributed by atoms with Crippen molar-refractivity contribution in [2.24, 2.45) is 5.92 Å². The van der Waals surface area contributed by atoms with Crippen LogP contribution >= 0.6 is 0 Å². The molecule has 19 heavy (non-hydrogen) atoms. The molecule has 2 heterocycles. The van der Waals surface area contributed by atoms with E-state index in [2.05, 4.69) is 27.7 Å². The topological polar surface area (TPSA) is 44.4 Å². The van der Waals surface area contributed by atoms with Crippen LogP contribution in [-0.2, 0) is 11.3 Å². The van der Waals surface area contributed by atoms with Crippen molar-refractivity contribution in [3.63, 3.8) is 0 Å². The first-order chi connectivity index (χ1) is 9.31. The van der Waals surface area contributed by atoms with E-state index in [1.807, 2.05) is 12.1 Å². The van der Waals surface area contributed by atoms with Gasteiger partial charge >= 0.3 is 0 Å². The maximum Gasteiger partial charge on any atom is 0.230 e. The van der Waals surface area contributed by atoms with Gasteiger partial charge in [-0.15, -0.1) is 0 Å². The molecule has 0 aromatic heterocycles. The molecule has 1 aromatic carbocycles. The van der Waals surface area contributed by atoms with Crippen LogP contribution in [0.4, 0.5) is 5.69 Å². The molecule has 2 aliphatic rings. The molecule has 2 aliphatic heterocycles. The summed E-state index contributed by atoms with van der Waals surface area (Å²) in [4.78, 5) is 14.4. The summed E-state index contributed by atoms with van der Waals surface area (Å²) in [5.41, 5.74) is 2.21. The lowest BCUT2D eigenvalue weighted by molar-refractivity contribution is -0.121. The van der Waals surface area contributed by atoms with Gasteiger partial charge in [-0.05, 0) is 43.6 Å². The van der Waals surface area contributed by atoms with Crippen molar-refractivity contribution in [1.29, 1.82) is 0 Å². The number of nitrogens with one attached hydrogen (secondary N) is 2. The molecular weight excluding hydrogens is 238 g/mol. The highest BCUT2D eigenvalue weighted by atomic mass is 16.2. The fraction of sp³-hybridized carbons (Fsp3) is 0.533. The van der Waals surface area contributed by atoms with Gasteiger partial charge in [-0.2, -0.15) is 0 Å². The second-order valence-corrected chi connectivity index (χ2v) is 5.53. The van der Waals surface area contributed by atoms with Crippen LogP contribution in [0.15, 0.2) is 24.3 Å². The van der Waals surface area contributed by atoms with Crippen LogP contribution in [-0.4, -0.2) is 37.0 Å². The molecule has 0 unspecified atom stereocenters. The Morgan fingerprint density at radius 3 is 2.79 bits per heavy atom. The van der Waals surface area contributed by atoms with Crippen LogP contribution in [0.25, 0.3) is 0 Å². The Labute approximate surface area is 114 Å². The van der Waals surface area contributed by atoms with E-state index in [4.69, 9.17) is 0 Å². The van der Waals surface area contributed by atoms with E-state index in [0.717, 1.165) is 25.3 Å². The van der Waals surface area contributed by atoms with Gasteiger partial charge in [0.05, 0.1) is 5.92 Å². The number of benzene rings is 1. The summed E-state index contributed by atoms with van der Waals surface area (Å²) in [6.45, 7) is 5.00. The van der Waals surface area contributed by atoms with Crippen molar-refractivity contribution >= 4 is 11.6 Å². The molecule has 0 radical (unpaired) electrons. The number of hydrogen-bond donors (Lipinski definition) is 2. The Bertz CT molecular complexity index is 450. The van der Waals surface area contributed by atoms with Gasteiger partial charge in [-0.25, -0.2) is 0 Å². The number of anilines is 1. The van der Waals surface area contributed by atoms with E-state index in [0.29, 0.717) is 0 Å². The molecule has 4 nitrogen and oxygen atoms in total. The maximum absolute atomic E-state index is 11.9. The molecule has 0 saturated carbocycles. The number of likely N-dealkylation sites (tertiary alicyclic amines) is 1. The van der Waals surface area contributed by atoms with Crippen molar-refractivity contribution < 1.29 is 4.79 Å². The van der Waals surface area contributed by atoms with E-state index in [1.165, 1.54) is 31.5 Å². The Balaban J connectivity index is 1.60. The van der Waals surface area contributed by atoms with Crippen LogP contribution in [0.2, 0.25) is 0 Å². The lowest BCUT2D eigenvalue weighted by Crippen LogP contribution is -2.48. The standard InChI is InChI=1S/C15H21N3O/c19-15(13-9-16-10-13)17-14-5-3-4-12(8-14)11-18-6-1-2-7-18/h3-5,8,13,16H,1-2,6-7,9-11H2,(H,17,19). The summed E-state index contributed by atoms with van der Waals surface area (Å²) in [7, 11) is 0. The fourth-order valence-electron chi connectivity index (χ4n) is 2.66. The summed E-state index contributed by atoms with van der Waals surface area (Å²) in [6.07, 6.45) is 2.62. The summed E-state index contributed by atoms with van der Waals surface area (Å²) in [6, 6.07) is 8.23. The molecule has 3 rings (SSSR count). The first kappa shape index (κ1) is 12.6. The minimum Gasteiger partial charge on any atom is -0.326 e. The number of carbonyl (C=O) groups is 1. The summed E-state index contributed by atoms with van der Waals surface area (Å²) >= 11 is 0. The van der Waals surface area contributed by atoms with Gasteiger partial charge in [-0.1, -0.05) is 12.1 Å². The van der Waals surface area contributed by atoms with E-state index in [9.17, 15) is 4.79 Å². The van der Waals surface area contributed by atoms with Crippen molar-refractivity contribution in [3.8, 4) is 0 Å². The first-order valence-electron chi connectivity index (χ1n) is 7.14. The molecule has 0 atom stereocenters. The molecule has 2 fully saturated rings. The van der Waals surface area contributed by atoms with Gasteiger partial charge in [0, 0.05) is 25.3 Å². The summed E-state index contributed by atoms with van der Waals surface area (Å²) < 4.78 is 0. The average Bonchev–Trinajstić information content (AvgIpc) is 2.79. The monoisotopic (exact) mass is 259 g/mol. The summed E-state index contributed by atoms with van der Waals surface area (Å²) in [5.74, 6) is 0.277. The zero-order valence-corrected chi connectivity index (χ0v) is 11.2. The first-order valence-corrected chi connectivity index (χ1v) is 7.14. The molecule has 0 aliphatic carbocycles. The number of nitrogens with zero attached hydrogens (tertiary/aromatic N) is 1. The van der Waals surface area contributed by atoms with Crippen LogP contribution in [0.1, 0.15) is 18.4 Å². The molecule has 0 spiro atoms. The molecule has 2 saturated heterocycles. The lowest BCUT2D eigenvalue weighted by Gasteiger charge is -2.25. The van der Waals surface area contributed by atoms with Crippen molar-refractivity contribution in [1.82, 2.24) is 10.2 Å². The molecule has 0 bridgehead atoms. The van der Waals surface area contributed by atoms with Crippen molar-refractivity contribution in [2.75, 3.05) is 31.5 Å². The highest BCUT2D eigenvalue weighted by Crippen LogP contribution is 2.17. The average molecular weight is 259 g/mol. The molecular formula is C15H21N3O. The van der Waals surface area contributed by atoms with Gasteiger partial charge in [0.15, 0.2) is 0 Å². The third-order valence-corrected chi connectivity index (χ3v) is 3.95. The van der Waals surface area contributed by atoms with Gasteiger partial charge in [-0.3, -0.25) is 9.69 Å². The molecule has 2 N–H and O–H groups in total. The van der Waals surface area contributed by atoms with Crippen LogP contribution in [0, 0.1) is 5.92 Å². The van der Waals surface area contributed by atoms with Gasteiger partial charge < -0.3 is 10.6 Å². The minimum atomic E-state index is 0.136. The SMILES string of the molecule is O=C(Nc1cccc(CN2CCCC2)c1)C1CNC1. The fourth-order valence-corrected chi connectivity index (χ4v) is 2.66. The highest BCUT2D eigenvalue weighted by molar-refractivity contribution is 5.93. The minimum absolute atomic E-state index is 0.136. The van der Waals surface area contributed by atoms with Crippen molar-refractivity contribution in [2.45, 2.75) is 19.4 Å². The van der Waals surface area contributed by atoms with Crippen LogP contribution in [0.3, 0.4) is 0 Å². The quantitative estimate of drug-likeness (QED) is 0.860. The Morgan fingerprint density at radius 1 is 1.32 bits per heavy atom.